The van der Waals surface area contributed by atoms with Gasteiger partial charge in [0.2, 0.25) is 0 Å². The minimum absolute atomic E-state index is 0. The molecule has 0 saturated carbocycles. The van der Waals surface area contributed by atoms with E-state index >= 15 is 0 Å². The van der Waals surface area contributed by atoms with E-state index in [2.05, 4.69) is 160 Å². The van der Waals surface area contributed by atoms with Gasteiger partial charge in [-0.2, -0.15) is 0 Å². The summed E-state index contributed by atoms with van der Waals surface area (Å²) in [6.07, 6.45) is 0. The van der Waals surface area contributed by atoms with Gasteiger partial charge >= 0.3 is 0 Å². The largest absolute Gasteiger partial charge is 0.412 e. The lowest BCUT2D eigenvalue weighted by Gasteiger charge is -2.10. The maximum Gasteiger partial charge on any atom is 0.141 e. The molecule has 0 radical (unpaired) electrons. The van der Waals surface area contributed by atoms with Crippen molar-refractivity contribution in [1.82, 2.24) is 15.1 Å². The van der Waals surface area contributed by atoms with E-state index in [1.807, 2.05) is 20.8 Å². The summed E-state index contributed by atoms with van der Waals surface area (Å²) < 4.78 is 5.36. The minimum atomic E-state index is 0. The maximum atomic E-state index is 6.86. The van der Waals surface area contributed by atoms with E-state index in [4.69, 9.17) is 20.6 Å². The van der Waals surface area contributed by atoms with Crippen molar-refractivity contribution in [2.24, 2.45) is 0 Å². The van der Waals surface area contributed by atoms with E-state index in [-0.39, 0.29) is 14.0 Å². The van der Waals surface area contributed by atoms with E-state index in [0.717, 1.165) is 45.0 Å². The third-order valence-electron chi connectivity index (χ3n) is 5.65. The molecule has 0 fully saturated rings. The highest BCUT2D eigenvalue weighted by atomic mass is 16.5. The number of H-pyrrole nitrogens is 1. The second-order valence-electron chi connectivity index (χ2n) is 8.86. The number of imidazole rings is 1. The van der Waals surface area contributed by atoms with Gasteiger partial charge in [0.25, 0.3) is 0 Å². The van der Waals surface area contributed by atoms with Crippen molar-refractivity contribution in [3.05, 3.63) is 69.7 Å². The molecule has 0 aliphatic rings. The van der Waals surface area contributed by atoms with Gasteiger partial charge in [-0.15, -0.1) is 5.53 Å². The Morgan fingerprint density at radius 3 is 1.60 bits per heavy atom. The minimum Gasteiger partial charge on any atom is -0.412 e. The second-order valence-corrected chi connectivity index (χ2v) is 8.86. The van der Waals surface area contributed by atoms with Crippen LogP contribution in [-0.2, 0) is 0 Å². The predicted molar refractivity (Wildman–Crippen MR) is 203 cm³/mol. The molecule has 0 spiro atoms. The van der Waals surface area contributed by atoms with Gasteiger partial charge in [-0.1, -0.05) is 41.3 Å². The topological polar surface area (TPSA) is 146 Å². The van der Waals surface area contributed by atoms with Crippen LogP contribution in [0, 0.1) is 140 Å². The number of nitrogens with one attached hydrogen (secondary N) is 2. The zero-order chi connectivity index (χ0) is 34.3. The Morgan fingerprint density at radius 1 is 0.729 bits per heavy atom. The van der Waals surface area contributed by atoms with Crippen LogP contribution in [0.4, 0.5) is 0 Å². The summed E-state index contributed by atoms with van der Waals surface area (Å²) >= 11 is 0. The van der Waals surface area contributed by atoms with Gasteiger partial charge in [-0.3, -0.25) is 0 Å². The molecule has 0 saturated heterocycles. The van der Waals surface area contributed by atoms with Crippen LogP contribution in [0.2, 0.25) is 0 Å². The average Bonchev–Trinajstić information content (AvgIpc) is 3.61. The molecule has 0 aliphatic heterocycles. The molecule has 2 aromatic carbocycles. The number of benzene rings is 2. The fourth-order valence-electron chi connectivity index (χ4n) is 3.92. The number of fused-ring (bicyclic) bond motifs is 1. The summed E-state index contributed by atoms with van der Waals surface area (Å²) in [7, 11) is 0. The van der Waals surface area contributed by atoms with Crippen molar-refractivity contribution in [3.63, 3.8) is 0 Å². The monoisotopic (exact) mass is 636 g/mol. The van der Waals surface area contributed by atoms with Crippen LogP contribution in [0.25, 0.3) is 43.7 Å². The molecular weight excluding hydrogens is 596 g/mol. The Labute approximate surface area is 290 Å². The van der Waals surface area contributed by atoms with E-state index in [1.54, 1.807) is 18.8 Å². The average molecular weight is 637 g/mol. The van der Waals surface area contributed by atoms with Crippen LogP contribution in [0.1, 0.15) is 45.2 Å². The van der Waals surface area contributed by atoms with Crippen molar-refractivity contribution in [2.45, 2.75) is 41.5 Å². The number of aryl methyl sites for hydroxylation is 4. The molecule has 4 rings (SSSR count). The third kappa shape index (κ3) is 12.6. The van der Waals surface area contributed by atoms with E-state index < -0.39 is 0 Å². The molecule has 0 unspecified atom stereocenters. The molecule has 4 aromatic rings. The normalized spacial score (nSPS) is 7.46. The Hall–Kier alpha value is -7.57. The van der Waals surface area contributed by atoms with Crippen molar-refractivity contribution in [2.75, 3.05) is 0 Å². The predicted octanol–water partition coefficient (Wildman–Crippen LogP) is 7.70. The molecule has 0 aliphatic carbocycles. The molecule has 0 amide bonds. The number of aromatic amines is 1. The summed E-state index contributed by atoms with van der Waals surface area (Å²) in [6, 6.07) is 12.7. The number of hydrogen-bond acceptors (Lipinski definition) is 4. The zero-order valence-electron chi connectivity index (χ0n) is 27.2. The summed E-state index contributed by atoms with van der Waals surface area (Å²) in [5.74, 6) is 47.3. The number of hydrogen-bond donors (Lipinski definition) is 2. The van der Waals surface area contributed by atoms with Crippen molar-refractivity contribution < 1.29 is 18.6 Å². The van der Waals surface area contributed by atoms with Gasteiger partial charge in [-0.05, 0) is 176 Å². The highest BCUT2D eigenvalue weighted by Crippen LogP contribution is 2.36. The first-order valence-corrected chi connectivity index (χ1v) is 13.7. The Bertz CT molecular complexity index is 2330. The molecule has 0 atom stereocenters. The quantitative estimate of drug-likeness (QED) is 0.101. The molecule has 8 nitrogen and oxygen atoms in total. The zero-order valence-corrected chi connectivity index (χ0v) is 27.2. The first kappa shape index (κ1) is 38.5. The number of rotatable bonds is 2. The van der Waals surface area contributed by atoms with Crippen molar-refractivity contribution in [1.29, 1.82) is 5.53 Å². The standard InChI is InChI=1S/C20H19N3O.C20H6.HN3.H2O.6H2/c1-11-7-5-6-8-16(11)17-9-15(19-12(2)23-24-13(19)3)10-18-20(17)22-14(4)21-18;1-3-5-7-9-11-13-15-17-19-20-18-16-14-12-10-8-6-4-2;1-3-2;;;;;;;/h5-10H,1-4H3,(H,21,22);1-2H3;1H;1H2;6*1H. The van der Waals surface area contributed by atoms with Crippen molar-refractivity contribution >= 4 is 11.0 Å². The van der Waals surface area contributed by atoms with Crippen LogP contribution in [0.3, 0.4) is 0 Å². The van der Waals surface area contributed by atoms with Crippen LogP contribution < -0.4 is 0 Å². The Balaban J connectivity index is -0.000000180. The maximum absolute atomic E-state index is 6.86. The first-order chi connectivity index (χ1) is 22.9. The summed E-state index contributed by atoms with van der Waals surface area (Å²) in [4.78, 5) is 9.82. The fraction of sp³-hybridized carbons (Fsp3) is 0.150. The summed E-state index contributed by atoms with van der Waals surface area (Å²) in [6.45, 7) is 11.4. The Kier molecular flexibility index (Phi) is 17.6. The molecule has 2 aromatic heterocycles. The van der Waals surface area contributed by atoms with E-state index in [1.165, 1.54) is 11.1 Å². The molecule has 4 N–H and O–H groups in total. The molecule has 242 valence electrons. The first-order valence-electron chi connectivity index (χ1n) is 13.7. The van der Waals surface area contributed by atoms with Crippen LogP contribution >= 0.6 is 0 Å². The molecule has 48 heavy (non-hydrogen) atoms. The van der Waals surface area contributed by atoms with Crippen LogP contribution in [0.15, 0.2) is 40.9 Å². The van der Waals surface area contributed by atoms with Gasteiger partial charge in [0, 0.05) is 19.7 Å². The van der Waals surface area contributed by atoms with Gasteiger partial charge in [0.05, 0.1) is 16.7 Å². The van der Waals surface area contributed by atoms with Gasteiger partial charge in [-0.25, -0.2) is 4.98 Å². The Morgan fingerprint density at radius 2 is 1.19 bits per heavy atom. The van der Waals surface area contributed by atoms with Crippen molar-refractivity contribution in [3.8, 4) is 129 Å². The second kappa shape index (κ2) is 22.0. The van der Waals surface area contributed by atoms with Crippen LogP contribution in [0.5, 0.6) is 0 Å². The lowest BCUT2D eigenvalue weighted by Crippen LogP contribution is -1.89. The molecule has 2 heterocycles. The molecule has 8 heteroatoms. The van der Waals surface area contributed by atoms with Gasteiger partial charge in [0.1, 0.15) is 11.6 Å². The van der Waals surface area contributed by atoms with E-state index in [9.17, 15) is 0 Å². The highest BCUT2D eigenvalue weighted by molar-refractivity contribution is 5.97. The summed E-state index contributed by atoms with van der Waals surface area (Å²) in [5, 5.41) is 4.10. The SMILES string of the molecule is CC#CC#CC#CC#CC#CC#CC#CC#CC#CC.Cc1nc2c(-c3ccccc3C)cc(-c3c(C)noc3C)cc2[nH]1.O.[HH].[HH].[HH].[HH].[HH].[HH].[N-]=[N+]=N. The van der Waals surface area contributed by atoms with Gasteiger partial charge in [0.15, 0.2) is 0 Å². The number of aromatic nitrogens is 3. The number of nitrogens with zero attached hydrogens (tertiary/aromatic N) is 4. The lowest BCUT2D eigenvalue weighted by atomic mass is 9.94. The summed E-state index contributed by atoms with van der Waals surface area (Å²) in [5.41, 5.74) is 20.9. The van der Waals surface area contributed by atoms with E-state index in [0.29, 0.717) is 0 Å². The third-order valence-corrected chi connectivity index (χ3v) is 5.65. The molecular formula is C40H40N6O2. The van der Waals surface area contributed by atoms with Gasteiger partial charge < -0.3 is 15.0 Å². The fourth-order valence-corrected chi connectivity index (χ4v) is 3.92. The lowest BCUT2D eigenvalue weighted by molar-refractivity contribution is 0.393. The highest BCUT2D eigenvalue weighted by Gasteiger charge is 2.17. The van der Waals surface area contributed by atoms with Crippen LogP contribution in [-0.4, -0.2) is 20.6 Å². The smallest absolute Gasteiger partial charge is 0.141 e. The molecule has 0 bridgehead atoms.